The zero-order chi connectivity index (χ0) is 20.2. The van der Waals surface area contributed by atoms with Crippen LogP contribution < -0.4 is 5.32 Å². The molecular weight excluding hydrogens is 362 g/mol. The number of nitrogens with one attached hydrogen (secondary N) is 1. The highest BCUT2D eigenvalue weighted by molar-refractivity contribution is 5.62. The predicted molar refractivity (Wildman–Crippen MR) is 115 cm³/mol. The van der Waals surface area contributed by atoms with Crippen LogP contribution in [-0.4, -0.2) is 44.1 Å². The SMILES string of the molecule is Cc1ccc(-c2ccnc(NC3CCCN(Cc4cccc(O)c4)C3)n2)c(C)n1. The van der Waals surface area contributed by atoms with E-state index in [9.17, 15) is 5.11 Å². The van der Waals surface area contributed by atoms with Crippen LogP contribution in [-0.2, 0) is 6.54 Å². The molecule has 1 saturated heterocycles. The average molecular weight is 390 g/mol. The van der Waals surface area contributed by atoms with E-state index in [0.717, 1.165) is 60.7 Å². The summed E-state index contributed by atoms with van der Waals surface area (Å²) in [7, 11) is 0. The van der Waals surface area contributed by atoms with E-state index in [0.29, 0.717) is 17.7 Å². The van der Waals surface area contributed by atoms with Crippen LogP contribution in [0, 0.1) is 13.8 Å². The van der Waals surface area contributed by atoms with Crippen molar-refractivity contribution in [2.45, 2.75) is 39.3 Å². The first-order valence-corrected chi connectivity index (χ1v) is 10.1. The molecule has 1 unspecified atom stereocenters. The molecule has 0 bridgehead atoms. The molecule has 3 aromatic rings. The van der Waals surface area contributed by atoms with E-state index in [1.807, 2.05) is 38.1 Å². The normalized spacial score (nSPS) is 17.2. The second kappa shape index (κ2) is 8.57. The Bertz CT molecular complexity index is 991. The topological polar surface area (TPSA) is 74.2 Å². The quantitative estimate of drug-likeness (QED) is 0.689. The van der Waals surface area contributed by atoms with Crippen LogP contribution in [0.3, 0.4) is 0 Å². The summed E-state index contributed by atoms with van der Waals surface area (Å²) in [5.41, 5.74) is 5.04. The van der Waals surface area contributed by atoms with Crippen molar-refractivity contribution < 1.29 is 5.11 Å². The van der Waals surface area contributed by atoms with Gasteiger partial charge in [-0.15, -0.1) is 0 Å². The number of nitrogens with zero attached hydrogens (tertiary/aromatic N) is 4. The van der Waals surface area contributed by atoms with E-state index in [-0.39, 0.29) is 0 Å². The number of pyridine rings is 1. The van der Waals surface area contributed by atoms with Gasteiger partial charge >= 0.3 is 0 Å². The number of rotatable bonds is 5. The zero-order valence-electron chi connectivity index (χ0n) is 17.0. The van der Waals surface area contributed by atoms with E-state index in [1.165, 1.54) is 0 Å². The Hall–Kier alpha value is -2.99. The van der Waals surface area contributed by atoms with Gasteiger partial charge in [-0.25, -0.2) is 9.97 Å². The molecule has 0 aliphatic carbocycles. The summed E-state index contributed by atoms with van der Waals surface area (Å²) in [6, 6.07) is 13.8. The fourth-order valence-electron chi connectivity index (χ4n) is 3.95. The number of phenols is 1. The van der Waals surface area contributed by atoms with Gasteiger partial charge in [0.1, 0.15) is 5.75 Å². The molecule has 1 aliphatic heterocycles. The molecule has 0 amide bonds. The fraction of sp³-hybridized carbons (Fsp3) is 0.348. The first-order valence-electron chi connectivity index (χ1n) is 10.1. The molecule has 1 aliphatic rings. The molecule has 1 aromatic carbocycles. The van der Waals surface area contributed by atoms with Gasteiger partial charge in [0.15, 0.2) is 0 Å². The number of likely N-dealkylation sites (tertiary alicyclic amines) is 1. The molecule has 1 fully saturated rings. The van der Waals surface area contributed by atoms with Crippen molar-refractivity contribution in [1.29, 1.82) is 0 Å². The number of aromatic nitrogens is 3. The lowest BCUT2D eigenvalue weighted by atomic mass is 10.0. The maximum atomic E-state index is 9.69. The third-order valence-corrected chi connectivity index (χ3v) is 5.31. The van der Waals surface area contributed by atoms with Crippen molar-refractivity contribution >= 4 is 5.95 Å². The second-order valence-corrected chi connectivity index (χ2v) is 7.74. The Morgan fingerprint density at radius 1 is 1.14 bits per heavy atom. The van der Waals surface area contributed by atoms with Crippen molar-refractivity contribution in [2.75, 3.05) is 18.4 Å². The summed E-state index contributed by atoms with van der Waals surface area (Å²) >= 11 is 0. The molecule has 6 heteroatoms. The lowest BCUT2D eigenvalue weighted by Gasteiger charge is -2.33. The van der Waals surface area contributed by atoms with Gasteiger partial charge < -0.3 is 10.4 Å². The lowest BCUT2D eigenvalue weighted by Crippen LogP contribution is -2.41. The molecule has 2 N–H and O–H groups in total. The molecule has 0 spiro atoms. The molecular formula is C23H27N5O. The fourth-order valence-corrected chi connectivity index (χ4v) is 3.95. The number of aromatic hydroxyl groups is 1. The summed E-state index contributed by atoms with van der Waals surface area (Å²) in [6.45, 7) is 6.83. The van der Waals surface area contributed by atoms with Crippen LogP contribution in [0.2, 0.25) is 0 Å². The van der Waals surface area contributed by atoms with Crippen LogP contribution in [0.5, 0.6) is 5.75 Å². The van der Waals surface area contributed by atoms with Gasteiger partial charge in [-0.1, -0.05) is 12.1 Å². The summed E-state index contributed by atoms with van der Waals surface area (Å²) < 4.78 is 0. The molecule has 0 radical (unpaired) electrons. The predicted octanol–water partition coefficient (Wildman–Crippen LogP) is 3.94. The van der Waals surface area contributed by atoms with Crippen molar-refractivity contribution in [3.63, 3.8) is 0 Å². The molecule has 150 valence electrons. The van der Waals surface area contributed by atoms with Crippen molar-refractivity contribution in [3.05, 3.63) is 65.6 Å². The monoisotopic (exact) mass is 389 g/mol. The summed E-state index contributed by atoms with van der Waals surface area (Å²) in [6.07, 6.45) is 4.02. The van der Waals surface area contributed by atoms with E-state index in [4.69, 9.17) is 4.98 Å². The van der Waals surface area contributed by atoms with Gasteiger partial charge in [-0.3, -0.25) is 9.88 Å². The Labute approximate surface area is 171 Å². The highest BCUT2D eigenvalue weighted by Crippen LogP contribution is 2.22. The van der Waals surface area contributed by atoms with E-state index < -0.39 is 0 Å². The second-order valence-electron chi connectivity index (χ2n) is 7.74. The first-order chi connectivity index (χ1) is 14.1. The van der Waals surface area contributed by atoms with E-state index >= 15 is 0 Å². The lowest BCUT2D eigenvalue weighted by molar-refractivity contribution is 0.208. The standard InChI is InChI=1S/C23H27N5O/c1-16-8-9-21(17(2)25-16)22-10-11-24-23(27-22)26-19-6-4-12-28(15-19)14-18-5-3-7-20(29)13-18/h3,5,7-11,13,19,29H,4,6,12,14-15H2,1-2H3,(H,24,26,27). The van der Waals surface area contributed by atoms with E-state index in [2.05, 4.69) is 32.3 Å². The number of hydrogen-bond acceptors (Lipinski definition) is 6. The minimum absolute atomic E-state index is 0.300. The minimum Gasteiger partial charge on any atom is -0.508 e. The van der Waals surface area contributed by atoms with Gasteiger partial charge in [-0.2, -0.15) is 0 Å². The molecule has 3 heterocycles. The highest BCUT2D eigenvalue weighted by Gasteiger charge is 2.21. The Morgan fingerprint density at radius 3 is 2.86 bits per heavy atom. The molecule has 2 aromatic heterocycles. The van der Waals surface area contributed by atoms with Crippen LogP contribution in [0.15, 0.2) is 48.7 Å². The number of hydrogen-bond donors (Lipinski definition) is 2. The smallest absolute Gasteiger partial charge is 0.223 e. The molecule has 1 atom stereocenters. The van der Waals surface area contributed by atoms with Gasteiger partial charge in [0.25, 0.3) is 0 Å². The minimum atomic E-state index is 0.300. The Morgan fingerprint density at radius 2 is 2.03 bits per heavy atom. The van der Waals surface area contributed by atoms with Gasteiger partial charge in [0.2, 0.25) is 5.95 Å². The van der Waals surface area contributed by atoms with Gasteiger partial charge in [0.05, 0.1) is 5.69 Å². The summed E-state index contributed by atoms with van der Waals surface area (Å²) in [4.78, 5) is 16.1. The largest absolute Gasteiger partial charge is 0.508 e. The number of anilines is 1. The highest BCUT2D eigenvalue weighted by atomic mass is 16.3. The molecule has 4 rings (SSSR count). The van der Waals surface area contributed by atoms with Gasteiger partial charge in [-0.05, 0) is 69.1 Å². The van der Waals surface area contributed by atoms with Crippen LogP contribution in [0.25, 0.3) is 11.3 Å². The average Bonchev–Trinajstić information content (AvgIpc) is 2.68. The summed E-state index contributed by atoms with van der Waals surface area (Å²) in [5, 5.41) is 13.2. The number of aryl methyl sites for hydroxylation is 2. The summed E-state index contributed by atoms with van der Waals surface area (Å²) in [5.74, 6) is 0.979. The number of piperidine rings is 1. The third kappa shape index (κ3) is 4.90. The maximum absolute atomic E-state index is 9.69. The van der Waals surface area contributed by atoms with Crippen molar-refractivity contribution in [1.82, 2.24) is 19.9 Å². The Kier molecular flexibility index (Phi) is 5.71. The van der Waals surface area contributed by atoms with Crippen molar-refractivity contribution in [2.24, 2.45) is 0 Å². The molecule has 6 nitrogen and oxygen atoms in total. The van der Waals surface area contributed by atoms with Crippen LogP contribution in [0.4, 0.5) is 5.95 Å². The molecule has 0 saturated carbocycles. The van der Waals surface area contributed by atoms with Crippen LogP contribution >= 0.6 is 0 Å². The number of phenolic OH excluding ortho intramolecular Hbond substituents is 1. The van der Waals surface area contributed by atoms with E-state index in [1.54, 1.807) is 12.3 Å². The molecule has 29 heavy (non-hydrogen) atoms. The van der Waals surface area contributed by atoms with Crippen LogP contribution in [0.1, 0.15) is 29.8 Å². The van der Waals surface area contributed by atoms with Gasteiger partial charge in [0, 0.05) is 42.3 Å². The zero-order valence-corrected chi connectivity index (χ0v) is 17.0. The first kappa shape index (κ1) is 19.3. The Balaban J connectivity index is 1.43. The number of benzene rings is 1. The van der Waals surface area contributed by atoms with Crippen molar-refractivity contribution in [3.8, 4) is 17.0 Å². The maximum Gasteiger partial charge on any atom is 0.223 e. The third-order valence-electron chi connectivity index (χ3n) is 5.31.